The van der Waals surface area contributed by atoms with E-state index in [1.54, 1.807) is 18.4 Å². The Hall–Kier alpha value is -0.540. The molecule has 1 unspecified atom stereocenters. The predicted octanol–water partition coefficient (Wildman–Crippen LogP) is 6.10. The molecule has 0 bridgehead atoms. The molecule has 0 aromatic carbocycles. The van der Waals surface area contributed by atoms with E-state index in [2.05, 4.69) is 6.92 Å². The zero-order valence-electron chi connectivity index (χ0n) is 13.8. The van der Waals surface area contributed by atoms with Gasteiger partial charge in [0.25, 0.3) is 0 Å². The van der Waals surface area contributed by atoms with Crippen LogP contribution >= 0.6 is 11.3 Å². The lowest BCUT2D eigenvalue weighted by Gasteiger charge is -2.10. The minimum Gasteiger partial charge on any atom is -0.495 e. The monoisotopic (exact) mass is 312 g/mol. The molecule has 1 N–H and O–H groups in total. The highest BCUT2D eigenvalue weighted by molar-refractivity contribution is 7.10. The number of aliphatic hydroxyl groups is 1. The quantitative estimate of drug-likeness (QED) is 0.446. The molecule has 2 nitrogen and oxygen atoms in total. The summed E-state index contributed by atoms with van der Waals surface area (Å²) in [5.74, 6) is 0.833. The van der Waals surface area contributed by atoms with Crippen LogP contribution in [-0.4, -0.2) is 12.2 Å². The van der Waals surface area contributed by atoms with Crippen molar-refractivity contribution >= 4 is 11.3 Å². The zero-order chi connectivity index (χ0) is 15.3. The number of unbranched alkanes of at least 4 members (excludes halogenated alkanes) is 9. The molecule has 1 rings (SSSR count). The van der Waals surface area contributed by atoms with Crippen LogP contribution in [0.4, 0.5) is 0 Å². The van der Waals surface area contributed by atoms with Crippen LogP contribution in [0, 0.1) is 0 Å². The third kappa shape index (κ3) is 7.87. The van der Waals surface area contributed by atoms with Crippen LogP contribution in [0.3, 0.4) is 0 Å². The number of hydrogen-bond acceptors (Lipinski definition) is 3. The molecular formula is C18H32O2S. The predicted molar refractivity (Wildman–Crippen MR) is 92.3 cm³/mol. The maximum atomic E-state index is 10.2. The van der Waals surface area contributed by atoms with Crippen molar-refractivity contribution in [3.63, 3.8) is 0 Å². The van der Waals surface area contributed by atoms with Gasteiger partial charge in [-0.15, -0.1) is 11.3 Å². The first kappa shape index (κ1) is 18.5. The molecule has 0 saturated heterocycles. The largest absolute Gasteiger partial charge is 0.495 e. The van der Waals surface area contributed by atoms with Crippen molar-refractivity contribution in [2.24, 2.45) is 0 Å². The van der Waals surface area contributed by atoms with E-state index in [0.29, 0.717) is 0 Å². The molecule has 0 radical (unpaired) electrons. The molecular weight excluding hydrogens is 280 g/mol. The first-order valence-corrected chi connectivity index (χ1v) is 9.47. The van der Waals surface area contributed by atoms with Crippen LogP contribution in [0.5, 0.6) is 5.75 Å². The fourth-order valence-corrected chi connectivity index (χ4v) is 3.56. The van der Waals surface area contributed by atoms with Gasteiger partial charge in [0.15, 0.2) is 0 Å². The summed E-state index contributed by atoms with van der Waals surface area (Å²) in [4.78, 5) is 0.980. The highest BCUT2D eigenvalue weighted by Crippen LogP contribution is 2.33. The molecule has 0 aliphatic rings. The van der Waals surface area contributed by atoms with Crippen molar-refractivity contribution in [2.45, 2.75) is 83.7 Å². The summed E-state index contributed by atoms with van der Waals surface area (Å²) in [5, 5.41) is 12.2. The second-order valence-corrected chi connectivity index (χ2v) is 6.79. The summed E-state index contributed by atoms with van der Waals surface area (Å²) >= 11 is 1.59. The summed E-state index contributed by atoms with van der Waals surface area (Å²) < 4.78 is 5.26. The van der Waals surface area contributed by atoms with Gasteiger partial charge in [0.2, 0.25) is 0 Å². The van der Waals surface area contributed by atoms with Crippen molar-refractivity contribution in [2.75, 3.05) is 7.11 Å². The van der Waals surface area contributed by atoms with E-state index in [1.807, 2.05) is 11.4 Å². The lowest BCUT2D eigenvalue weighted by molar-refractivity contribution is 0.163. The summed E-state index contributed by atoms with van der Waals surface area (Å²) in [5.41, 5.74) is 0. The van der Waals surface area contributed by atoms with Crippen molar-refractivity contribution in [1.29, 1.82) is 0 Å². The molecule has 0 fully saturated rings. The van der Waals surface area contributed by atoms with Crippen LogP contribution in [0.1, 0.15) is 88.5 Å². The van der Waals surface area contributed by atoms with Gasteiger partial charge in [-0.1, -0.05) is 71.1 Å². The molecule has 0 aliphatic carbocycles. The maximum absolute atomic E-state index is 10.2. The van der Waals surface area contributed by atoms with E-state index in [1.165, 1.54) is 57.8 Å². The number of aliphatic hydroxyl groups excluding tert-OH is 1. The number of hydrogen-bond donors (Lipinski definition) is 1. The number of thiophene rings is 1. The van der Waals surface area contributed by atoms with E-state index in [-0.39, 0.29) is 6.10 Å². The van der Waals surface area contributed by atoms with Crippen molar-refractivity contribution in [3.05, 3.63) is 16.3 Å². The average molecular weight is 313 g/mol. The van der Waals surface area contributed by atoms with Crippen molar-refractivity contribution in [3.8, 4) is 5.75 Å². The van der Waals surface area contributed by atoms with Crippen molar-refractivity contribution in [1.82, 2.24) is 0 Å². The molecule has 1 aromatic rings. The summed E-state index contributed by atoms with van der Waals surface area (Å²) in [6.07, 6.45) is 13.8. The highest BCUT2D eigenvalue weighted by atomic mass is 32.1. The Morgan fingerprint density at radius 2 is 1.57 bits per heavy atom. The Morgan fingerprint density at radius 1 is 1.00 bits per heavy atom. The molecule has 122 valence electrons. The fraction of sp³-hybridized carbons (Fsp3) is 0.778. The SMILES string of the molecule is CCCCCCCCCCCCC(O)c1sccc1OC. The van der Waals surface area contributed by atoms with Crippen molar-refractivity contribution < 1.29 is 9.84 Å². The fourth-order valence-electron chi connectivity index (χ4n) is 2.68. The maximum Gasteiger partial charge on any atom is 0.135 e. The minimum absolute atomic E-state index is 0.353. The van der Waals surface area contributed by atoms with E-state index < -0.39 is 0 Å². The Labute approximate surface area is 134 Å². The van der Waals surface area contributed by atoms with Gasteiger partial charge in [0.1, 0.15) is 5.75 Å². The highest BCUT2D eigenvalue weighted by Gasteiger charge is 2.14. The average Bonchev–Trinajstić information content (AvgIpc) is 2.97. The molecule has 1 atom stereocenters. The first-order valence-electron chi connectivity index (χ1n) is 8.59. The summed E-state index contributed by atoms with van der Waals surface area (Å²) in [6, 6.07) is 1.93. The van der Waals surface area contributed by atoms with Gasteiger partial charge in [-0.05, 0) is 17.9 Å². The molecule has 1 heterocycles. The molecule has 0 amide bonds. The molecule has 1 aromatic heterocycles. The lowest BCUT2D eigenvalue weighted by Crippen LogP contribution is -1.97. The van der Waals surface area contributed by atoms with E-state index >= 15 is 0 Å². The molecule has 0 saturated carbocycles. The second kappa shape index (κ2) is 12.0. The molecule has 0 spiro atoms. The summed E-state index contributed by atoms with van der Waals surface area (Å²) in [6.45, 7) is 2.26. The third-order valence-electron chi connectivity index (χ3n) is 4.01. The normalized spacial score (nSPS) is 12.5. The first-order chi connectivity index (χ1) is 10.3. The Kier molecular flexibility index (Phi) is 10.6. The Balaban J connectivity index is 1.97. The van der Waals surface area contributed by atoms with Gasteiger partial charge >= 0.3 is 0 Å². The van der Waals surface area contributed by atoms with E-state index in [0.717, 1.165) is 23.5 Å². The number of rotatable bonds is 13. The van der Waals surface area contributed by atoms with Gasteiger partial charge in [0, 0.05) is 0 Å². The number of methoxy groups -OCH3 is 1. The van der Waals surface area contributed by atoms with Gasteiger partial charge in [0.05, 0.1) is 18.1 Å². The van der Waals surface area contributed by atoms with Crippen LogP contribution in [0.25, 0.3) is 0 Å². The topological polar surface area (TPSA) is 29.5 Å². The standard InChI is InChI=1S/C18H32O2S/c1-3-4-5-6-7-8-9-10-11-12-13-16(19)18-17(20-2)14-15-21-18/h14-16,19H,3-13H2,1-2H3. The van der Waals surface area contributed by atoms with Crippen LogP contribution in [-0.2, 0) is 0 Å². The molecule has 0 aliphatic heterocycles. The summed E-state index contributed by atoms with van der Waals surface area (Å²) in [7, 11) is 1.67. The van der Waals surface area contributed by atoms with Gasteiger partial charge in [-0.25, -0.2) is 0 Å². The zero-order valence-corrected chi connectivity index (χ0v) is 14.6. The minimum atomic E-state index is -0.353. The number of ether oxygens (including phenoxy) is 1. The van der Waals surface area contributed by atoms with Crippen LogP contribution in [0.15, 0.2) is 11.4 Å². The van der Waals surface area contributed by atoms with E-state index in [4.69, 9.17) is 4.74 Å². The van der Waals surface area contributed by atoms with Crippen LogP contribution < -0.4 is 4.74 Å². The van der Waals surface area contributed by atoms with Gasteiger partial charge in [-0.3, -0.25) is 0 Å². The van der Waals surface area contributed by atoms with Crippen LogP contribution in [0.2, 0.25) is 0 Å². The third-order valence-corrected chi connectivity index (χ3v) is 5.01. The van der Waals surface area contributed by atoms with Gasteiger partial charge in [-0.2, -0.15) is 0 Å². The molecule has 21 heavy (non-hydrogen) atoms. The van der Waals surface area contributed by atoms with Gasteiger partial charge < -0.3 is 9.84 Å². The molecule has 3 heteroatoms. The lowest BCUT2D eigenvalue weighted by atomic mass is 10.0. The Morgan fingerprint density at radius 3 is 2.14 bits per heavy atom. The second-order valence-electron chi connectivity index (χ2n) is 5.84. The smallest absolute Gasteiger partial charge is 0.135 e. The Bertz CT molecular complexity index is 349. The van der Waals surface area contributed by atoms with E-state index in [9.17, 15) is 5.11 Å².